The van der Waals surface area contributed by atoms with Gasteiger partial charge in [-0.05, 0) is 12.6 Å². The first-order valence-electron chi connectivity index (χ1n) is 5.89. The molecule has 0 radical (unpaired) electrons. The van der Waals surface area contributed by atoms with Gasteiger partial charge in [-0.25, -0.2) is 0 Å². The van der Waals surface area contributed by atoms with Gasteiger partial charge in [-0.1, -0.05) is 13.0 Å². The Hall–Kier alpha value is -1.75. The fraction of sp³-hybridized carbons (Fsp3) is 0.462. The first kappa shape index (κ1) is 14.3. The number of methoxy groups -OCH3 is 1. The van der Waals surface area contributed by atoms with Crippen LogP contribution in [0.1, 0.15) is 12.5 Å². The summed E-state index contributed by atoms with van der Waals surface area (Å²) in [6.45, 7) is 3.56. The summed E-state index contributed by atoms with van der Waals surface area (Å²) in [6.07, 6.45) is 0. The number of likely N-dealkylation sites (N-methyl/N-ethyl adjacent to an activating group) is 2. The molecule has 0 bridgehead atoms. The second-order valence-corrected chi connectivity index (χ2v) is 3.97. The number of phenolic OH excluding ortho intramolecular Hbond substituents is 1. The van der Waals surface area contributed by atoms with E-state index in [9.17, 15) is 9.90 Å². The predicted octanol–water partition coefficient (Wildman–Crippen LogP) is 0.969. The van der Waals surface area contributed by atoms with Crippen molar-refractivity contribution in [2.24, 2.45) is 0 Å². The van der Waals surface area contributed by atoms with Gasteiger partial charge in [0, 0.05) is 25.2 Å². The van der Waals surface area contributed by atoms with Crippen LogP contribution in [0, 0.1) is 0 Å². The minimum Gasteiger partial charge on any atom is -0.507 e. The van der Waals surface area contributed by atoms with Crippen LogP contribution in [0.15, 0.2) is 18.2 Å². The molecule has 0 atom stereocenters. The number of nitrogens with one attached hydrogen (secondary N) is 1. The smallest absolute Gasteiger partial charge is 0.233 e. The second kappa shape index (κ2) is 6.86. The monoisotopic (exact) mass is 252 g/mol. The molecular formula is C13H20N2O3. The standard InChI is InChI=1S/C13H20N2O3/c1-4-15(9-13(17)14-2)8-10-5-6-11(18-3)7-12(10)16/h5-7,16H,4,8-9H2,1-3H3,(H,14,17). The largest absolute Gasteiger partial charge is 0.507 e. The maximum Gasteiger partial charge on any atom is 0.233 e. The van der Waals surface area contributed by atoms with Gasteiger partial charge in [-0.15, -0.1) is 0 Å². The number of phenols is 1. The van der Waals surface area contributed by atoms with Crippen LogP contribution in [0.3, 0.4) is 0 Å². The molecule has 0 saturated carbocycles. The van der Waals surface area contributed by atoms with Crippen LogP contribution in [0.4, 0.5) is 0 Å². The van der Waals surface area contributed by atoms with E-state index in [0.29, 0.717) is 18.8 Å². The molecule has 1 aromatic carbocycles. The van der Waals surface area contributed by atoms with Crippen molar-refractivity contribution >= 4 is 5.91 Å². The average molecular weight is 252 g/mol. The van der Waals surface area contributed by atoms with Crippen LogP contribution in [-0.4, -0.2) is 43.2 Å². The quantitative estimate of drug-likeness (QED) is 0.792. The summed E-state index contributed by atoms with van der Waals surface area (Å²) in [4.78, 5) is 13.3. The molecule has 0 fully saturated rings. The van der Waals surface area contributed by atoms with Crippen LogP contribution in [0.25, 0.3) is 0 Å². The van der Waals surface area contributed by atoms with Crippen molar-refractivity contribution in [3.63, 3.8) is 0 Å². The van der Waals surface area contributed by atoms with Gasteiger partial charge in [0.1, 0.15) is 11.5 Å². The lowest BCUT2D eigenvalue weighted by atomic mass is 10.1. The lowest BCUT2D eigenvalue weighted by molar-refractivity contribution is -0.121. The number of ether oxygens (including phenoxy) is 1. The first-order chi connectivity index (χ1) is 8.60. The summed E-state index contributed by atoms with van der Waals surface area (Å²) in [7, 11) is 3.17. The van der Waals surface area contributed by atoms with Gasteiger partial charge in [0.15, 0.2) is 0 Å². The Kier molecular flexibility index (Phi) is 5.45. The van der Waals surface area contributed by atoms with E-state index in [1.807, 2.05) is 11.8 Å². The van der Waals surface area contributed by atoms with E-state index in [4.69, 9.17) is 4.74 Å². The maximum absolute atomic E-state index is 11.3. The van der Waals surface area contributed by atoms with Crippen molar-refractivity contribution in [2.45, 2.75) is 13.5 Å². The molecule has 0 aliphatic heterocycles. The highest BCUT2D eigenvalue weighted by Gasteiger charge is 2.11. The van der Waals surface area contributed by atoms with Crippen LogP contribution < -0.4 is 10.1 Å². The Balaban J connectivity index is 2.72. The van der Waals surface area contributed by atoms with E-state index in [1.54, 1.807) is 32.4 Å². The van der Waals surface area contributed by atoms with E-state index in [1.165, 1.54) is 0 Å². The van der Waals surface area contributed by atoms with Gasteiger partial charge in [0.2, 0.25) is 5.91 Å². The van der Waals surface area contributed by atoms with Crippen molar-refractivity contribution in [2.75, 3.05) is 27.2 Å². The van der Waals surface area contributed by atoms with Crippen LogP contribution in [-0.2, 0) is 11.3 Å². The zero-order valence-electron chi connectivity index (χ0n) is 11.1. The SMILES string of the molecule is CCN(CC(=O)NC)Cc1ccc(OC)cc1O. The van der Waals surface area contributed by atoms with Gasteiger partial charge < -0.3 is 15.2 Å². The second-order valence-electron chi connectivity index (χ2n) is 3.97. The number of carbonyl (C=O) groups is 1. The third kappa shape index (κ3) is 3.92. The van der Waals surface area contributed by atoms with Crippen LogP contribution in [0.5, 0.6) is 11.5 Å². The number of nitrogens with zero attached hydrogens (tertiary/aromatic N) is 1. The third-order valence-corrected chi connectivity index (χ3v) is 2.78. The molecule has 1 amide bonds. The van der Waals surface area contributed by atoms with Crippen molar-refractivity contribution in [1.82, 2.24) is 10.2 Å². The maximum atomic E-state index is 11.3. The fourth-order valence-corrected chi connectivity index (χ4v) is 1.61. The number of carbonyl (C=O) groups excluding carboxylic acids is 1. The van der Waals surface area contributed by atoms with Crippen molar-refractivity contribution in [3.05, 3.63) is 23.8 Å². The first-order valence-corrected chi connectivity index (χ1v) is 5.89. The molecule has 1 rings (SSSR count). The van der Waals surface area contributed by atoms with E-state index in [-0.39, 0.29) is 11.7 Å². The Morgan fingerprint density at radius 1 is 1.50 bits per heavy atom. The zero-order valence-corrected chi connectivity index (χ0v) is 11.1. The number of amides is 1. The van der Waals surface area contributed by atoms with Crippen LogP contribution in [0.2, 0.25) is 0 Å². The Bertz CT molecular complexity index is 407. The molecular weight excluding hydrogens is 232 g/mol. The Morgan fingerprint density at radius 2 is 2.22 bits per heavy atom. The topological polar surface area (TPSA) is 61.8 Å². The van der Waals surface area contributed by atoms with Crippen molar-refractivity contribution in [3.8, 4) is 11.5 Å². The van der Waals surface area contributed by atoms with Gasteiger partial charge in [-0.3, -0.25) is 9.69 Å². The summed E-state index contributed by atoms with van der Waals surface area (Å²) in [5.74, 6) is 0.764. The summed E-state index contributed by atoms with van der Waals surface area (Å²) in [5, 5.41) is 12.4. The molecule has 1 aromatic rings. The molecule has 100 valence electrons. The minimum absolute atomic E-state index is 0.0372. The number of aromatic hydroxyl groups is 1. The number of benzene rings is 1. The molecule has 0 saturated heterocycles. The van der Waals surface area contributed by atoms with E-state index in [2.05, 4.69) is 5.32 Å². The lowest BCUT2D eigenvalue weighted by Gasteiger charge is -2.20. The van der Waals surface area contributed by atoms with Gasteiger partial charge in [0.25, 0.3) is 0 Å². The molecule has 0 unspecified atom stereocenters. The van der Waals surface area contributed by atoms with E-state index >= 15 is 0 Å². The number of rotatable bonds is 6. The molecule has 0 aliphatic rings. The molecule has 0 heterocycles. The lowest BCUT2D eigenvalue weighted by Crippen LogP contribution is -2.35. The van der Waals surface area contributed by atoms with Gasteiger partial charge in [0.05, 0.1) is 13.7 Å². The van der Waals surface area contributed by atoms with Gasteiger partial charge in [-0.2, -0.15) is 0 Å². The summed E-state index contributed by atoms with van der Waals surface area (Å²) >= 11 is 0. The fourth-order valence-electron chi connectivity index (χ4n) is 1.61. The predicted molar refractivity (Wildman–Crippen MR) is 69.7 cm³/mol. The molecule has 5 heteroatoms. The van der Waals surface area contributed by atoms with Crippen molar-refractivity contribution in [1.29, 1.82) is 0 Å². The molecule has 0 aliphatic carbocycles. The molecule has 2 N–H and O–H groups in total. The summed E-state index contributed by atoms with van der Waals surface area (Å²) in [6, 6.07) is 5.17. The van der Waals surface area contributed by atoms with Gasteiger partial charge >= 0.3 is 0 Å². The highest BCUT2D eigenvalue weighted by atomic mass is 16.5. The highest BCUT2D eigenvalue weighted by molar-refractivity contribution is 5.77. The minimum atomic E-state index is -0.0372. The average Bonchev–Trinajstić information content (AvgIpc) is 2.39. The summed E-state index contributed by atoms with van der Waals surface area (Å²) < 4.78 is 5.03. The zero-order chi connectivity index (χ0) is 13.5. The Labute approximate surface area is 107 Å². The summed E-state index contributed by atoms with van der Waals surface area (Å²) in [5.41, 5.74) is 0.779. The van der Waals surface area contributed by atoms with Crippen molar-refractivity contribution < 1.29 is 14.6 Å². The van der Waals surface area contributed by atoms with E-state index < -0.39 is 0 Å². The molecule has 18 heavy (non-hydrogen) atoms. The molecule has 0 aromatic heterocycles. The molecule has 5 nitrogen and oxygen atoms in total. The van der Waals surface area contributed by atoms with E-state index in [0.717, 1.165) is 12.1 Å². The third-order valence-electron chi connectivity index (χ3n) is 2.78. The normalized spacial score (nSPS) is 10.4. The van der Waals surface area contributed by atoms with Crippen LogP contribution >= 0.6 is 0 Å². The number of hydrogen-bond donors (Lipinski definition) is 2. The Morgan fingerprint density at radius 3 is 2.72 bits per heavy atom. The number of hydrogen-bond acceptors (Lipinski definition) is 4. The highest BCUT2D eigenvalue weighted by Crippen LogP contribution is 2.24. The molecule has 0 spiro atoms.